The summed E-state index contributed by atoms with van der Waals surface area (Å²) in [5.41, 5.74) is 0. The van der Waals surface area contributed by atoms with E-state index in [-0.39, 0.29) is 0 Å². The van der Waals surface area contributed by atoms with Gasteiger partial charge in [-0.3, -0.25) is 0 Å². The molecule has 21 heavy (non-hydrogen) atoms. The largest absolute Gasteiger partial charge is 0.183 e. The third-order valence-corrected chi connectivity index (χ3v) is 5.48. The molecule has 1 nitrogen and oxygen atoms in total. The number of nitrogens with zero attached hydrogens (tertiary/aromatic N) is 1. The second-order valence-electron chi connectivity index (χ2n) is 6.81. The van der Waals surface area contributed by atoms with Crippen molar-refractivity contribution in [1.29, 1.82) is 5.26 Å². The van der Waals surface area contributed by atoms with Gasteiger partial charge in [-0.05, 0) is 62.2 Å². The Morgan fingerprint density at radius 1 is 0.810 bits per heavy atom. The van der Waals surface area contributed by atoms with Crippen molar-refractivity contribution >= 4 is 0 Å². The summed E-state index contributed by atoms with van der Waals surface area (Å²) in [6, 6.07) is 1.80. The first-order valence-corrected chi connectivity index (χ1v) is 8.73. The topological polar surface area (TPSA) is 23.8 Å². The lowest BCUT2D eigenvalue weighted by atomic mass is 9.69. The van der Waals surface area contributed by atoms with Gasteiger partial charge in [0.25, 0.3) is 0 Å². The molecule has 0 aromatic heterocycles. The molecule has 2 aliphatic rings. The van der Waals surface area contributed by atoms with Gasteiger partial charge in [-0.15, -0.1) is 0 Å². The molecule has 0 aromatic carbocycles. The summed E-state index contributed by atoms with van der Waals surface area (Å²) in [4.78, 5) is 0. The van der Waals surface area contributed by atoms with Crippen molar-refractivity contribution in [2.24, 2.45) is 23.7 Å². The zero-order valence-corrected chi connectivity index (χ0v) is 13.3. The molecule has 112 valence electrons. The van der Waals surface area contributed by atoms with Gasteiger partial charge in [-0.2, -0.15) is 5.26 Å². The van der Waals surface area contributed by atoms with Crippen molar-refractivity contribution in [1.82, 2.24) is 0 Å². The Kier molecular flexibility index (Phi) is 6.70. The van der Waals surface area contributed by atoms with Crippen LogP contribution in [0.2, 0.25) is 0 Å². The Morgan fingerprint density at radius 2 is 1.43 bits per heavy atom. The molecule has 0 bridgehead atoms. The molecule has 0 radical (unpaired) electrons. The predicted octanol–water partition coefficient (Wildman–Crippen LogP) is 4.93. The van der Waals surface area contributed by atoms with E-state index in [2.05, 4.69) is 30.6 Å². The Morgan fingerprint density at radius 3 is 2.00 bits per heavy atom. The minimum atomic E-state index is 0.519. The molecule has 0 aromatic rings. The molecule has 1 heteroatoms. The van der Waals surface area contributed by atoms with Gasteiger partial charge in [0.1, 0.15) is 0 Å². The van der Waals surface area contributed by atoms with Gasteiger partial charge in [-0.1, -0.05) is 38.5 Å². The first kappa shape index (κ1) is 16.0. The van der Waals surface area contributed by atoms with Gasteiger partial charge < -0.3 is 0 Å². The maximum Gasteiger partial charge on any atom is 0.153 e. The fourth-order valence-electron chi connectivity index (χ4n) is 4.29. The van der Waals surface area contributed by atoms with Crippen LogP contribution in [0.15, 0.2) is 0 Å². The van der Waals surface area contributed by atoms with Gasteiger partial charge >= 0.3 is 0 Å². The summed E-state index contributed by atoms with van der Waals surface area (Å²) in [7, 11) is 0. The fourth-order valence-corrected chi connectivity index (χ4v) is 4.29. The number of nitriles is 1. The maximum atomic E-state index is 8.34. The summed E-state index contributed by atoms with van der Waals surface area (Å²) < 4.78 is 0. The van der Waals surface area contributed by atoms with Crippen LogP contribution in [-0.4, -0.2) is 0 Å². The van der Waals surface area contributed by atoms with Crippen molar-refractivity contribution in [2.45, 2.75) is 71.1 Å². The molecule has 0 spiro atoms. The van der Waals surface area contributed by atoms with E-state index in [1.165, 1.54) is 64.2 Å². The number of rotatable bonds is 3. The average molecular weight is 281 g/mol. The quantitative estimate of drug-likeness (QED) is 0.673. The van der Waals surface area contributed by atoms with Crippen molar-refractivity contribution in [3.05, 3.63) is 0 Å². The molecule has 0 heterocycles. The summed E-state index contributed by atoms with van der Waals surface area (Å²) in [6.07, 6.45) is 13.9. The third kappa shape index (κ3) is 5.14. The smallest absolute Gasteiger partial charge is 0.153 e. The van der Waals surface area contributed by atoms with Gasteiger partial charge in [-0.25, -0.2) is 0 Å². The zero-order chi connectivity index (χ0) is 14.9. The Bertz CT molecular complexity index is 460. The van der Waals surface area contributed by atoms with Gasteiger partial charge in [0.2, 0.25) is 0 Å². The van der Waals surface area contributed by atoms with E-state index < -0.39 is 0 Å². The molecule has 0 saturated heterocycles. The van der Waals surface area contributed by atoms with E-state index >= 15 is 0 Å². The van der Waals surface area contributed by atoms with Crippen molar-refractivity contribution in [2.75, 3.05) is 0 Å². The SMILES string of the molecule is CCC[C@H]1CC[C@H]([C@H]2CC[C@H](C#CC#CC#N)CC2)CC1. The predicted molar refractivity (Wildman–Crippen MR) is 87.0 cm³/mol. The standard InChI is InChI=1S/C20H27N/c1-2-6-17-8-12-19(13-9-17)20-14-10-18(11-15-20)7-4-3-5-16-21/h17-20H,2,6,8-15H2,1H3/t17-,18-,19-,20-. The summed E-state index contributed by atoms with van der Waals surface area (Å²) in [5, 5.41) is 8.34. The molecule has 0 aliphatic heterocycles. The summed E-state index contributed by atoms with van der Waals surface area (Å²) in [6.45, 7) is 2.31. The normalized spacial score (nSPS) is 32.0. The monoisotopic (exact) mass is 281 g/mol. The molecule has 0 N–H and O–H groups in total. The van der Waals surface area contributed by atoms with Crippen molar-refractivity contribution in [3.8, 4) is 29.8 Å². The van der Waals surface area contributed by atoms with Crippen molar-refractivity contribution < 1.29 is 0 Å². The highest BCUT2D eigenvalue weighted by Gasteiger charge is 2.30. The van der Waals surface area contributed by atoms with Crippen molar-refractivity contribution in [3.63, 3.8) is 0 Å². The lowest BCUT2D eigenvalue weighted by molar-refractivity contribution is 0.154. The molecule has 2 aliphatic carbocycles. The zero-order valence-electron chi connectivity index (χ0n) is 13.3. The third-order valence-electron chi connectivity index (χ3n) is 5.48. The maximum absolute atomic E-state index is 8.34. The van der Waals surface area contributed by atoms with Crippen LogP contribution in [0.5, 0.6) is 0 Å². The molecular formula is C20H27N. The van der Waals surface area contributed by atoms with Crippen LogP contribution in [0.25, 0.3) is 0 Å². The van der Waals surface area contributed by atoms with Gasteiger partial charge in [0.15, 0.2) is 6.07 Å². The van der Waals surface area contributed by atoms with E-state index in [0.29, 0.717) is 5.92 Å². The summed E-state index contributed by atoms with van der Waals surface area (Å²) >= 11 is 0. The van der Waals surface area contributed by atoms with Crippen LogP contribution in [0, 0.1) is 58.7 Å². The van der Waals surface area contributed by atoms with E-state index in [1.807, 2.05) is 0 Å². The minimum Gasteiger partial charge on any atom is -0.183 e. The first-order valence-electron chi connectivity index (χ1n) is 8.73. The highest BCUT2D eigenvalue weighted by molar-refractivity contribution is 5.32. The van der Waals surface area contributed by atoms with Crippen LogP contribution < -0.4 is 0 Å². The Labute approximate surface area is 130 Å². The van der Waals surface area contributed by atoms with Crippen LogP contribution in [0.4, 0.5) is 0 Å². The van der Waals surface area contributed by atoms with Gasteiger partial charge in [0.05, 0.1) is 0 Å². The molecule has 0 atom stereocenters. The summed E-state index contributed by atoms with van der Waals surface area (Å²) in [5.74, 6) is 14.5. The fraction of sp³-hybridized carbons (Fsp3) is 0.750. The number of hydrogen-bond donors (Lipinski definition) is 0. The lowest BCUT2D eigenvalue weighted by Gasteiger charge is -2.37. The highest BCUT2D eigenvalue weighted by Crippen LogP contribution is 2.41. The van der Waals surface area contributed by atoms with E-state index in [0.717, 1.165) is 17.8 Å². The van der Waals surface area contributed by atoms with E-state index in [4.69, 9.17) is 5.26 Å². The van der Waals surface area contributed by atoms with Gasteiger partial charge in [0, 0.05) is 17.8 Å². The Hall–Kier alpha value is -1.39. The molecule has 2 rings (SSSR count). The van der Waals surface area contributed by atoms with Crippen LogP contribution in [0.3, 0.4) is 0 Å². The van der Waals surface area contributed by atoms with Crippen LogP contribution in [0.1, 0.15) is 71.1 Å². The molecule has 0 unspecified atom stereocenters. The molecule has 2 saturated carbocycles. The molecular weight excluding hydrogens is 254 g/mol. The highest BCUT2D eigenvalue weighted by atomic mass is 14.3. The average Bonchev–Trinajstić information content (AvgIpc) is 2.53. The number of hydrogen-bond acceptors (Lipinski definition) is 1. The lowest BCUT2D eigenvalue weighted by Crippen LogP contribution is -2.25. The van der Waals surface area contributed by atoms with Crippen LogP contribution >= 0.6 is 0 Å². The second-order valence-corrected chi connectivity index (χ2v) is 6.81. The first-order chi connectivity index (χ1) is 10.3. The molecule has 2 fully saturated rings. The van der Waals surface area contributed by atoms with E-state index in [9.17, 15) is 0 Å². The second kappa shape index (κ2) is 8.80. The molecule has 0 amide bonds. The Balaban J connectivity index is 1.72. The van der Waals surface area contributed by atoms with Crippen LogP contribution in [-0.2, 0) is 0 Å². The minimum absolute atomic E-state index is 0.519. The van der Waals surface area contributed by atoms with E-state index in [1.54, 1.807) is 6.07 Å².